The molecule has 4 N–H and O–H groups in total. The Morgan fingerprint density at radius 2 is 0.950 bits per heavy atom. The maximum atomic E-state index is 12.3. The number of hydrogen-bond donors (Lipinski definition) is 4. The van der Waals surface area contributed by atoms with E-state index in [0.717, 1.165) is 64.2 Å². The first-order valence-corrected chi connectivity index (χ1v) is 14.8. The molecule has 0 aromatic heterocycles. The quantitative estimate of drug-likeness (QED) is 0.151. The number of benzene rings is 2. The minimum atomic E-state index is -0.126. The first kappa shape index (κ1) is 32.5. The molecule has 218 valence electrons. The van der Waals surface area contributed by atoms with Gasteiger partial charge in [-0.15, -0.1) is 0 Å². The van der Waals surface area contributed by atoms with E-state index in [-0.39, 0.29) is 23.6 Å². The molecule has 8 nitrogen and oxygen atoms in total. The van der Waals surface area contributed by atoms with Gasteiger partial charge >= 0.3 is 0 Å². The monoisotopic (exact) mass is 550 g/mol. The summed E-state index contributed by atoms with van der Waals surface area (Å²) in [5.41, 5.74) is 2.35. The summed E-state index contributed by atoms with van der Waals surface area (Å²) in [4.78, 5) is 49.0. The second-order valence-electron chi connectivity index (χ2n) is 10.1. The van der Waals surface area contributed by atoms with E-state index in [1.54, 1.807) is 48.5 Å². The molecule has 0 aliphatic carbocycles. The number of amides is 4. The van der Waals surface area contributed by atoms with Crippen molar-refractivity contribution in [2.45, 2.75) is 90.9 Å². The van der Waals surface area contributed by atoms with Gasteiger partial charge in [-0.05, 0) is 62.1 Å². The van der Waals surface area contributed by atoms with Gasteiger partial charge < -0.3 is 21.3 Å². The Morgan fingerprint density at radius 3 is 1.35 bits per heavy atom. The van der Waals surface area contributed by atoms with Gasteiger partial charge in [-0.3, -0.25) is 19.2 Å². The molecule has 0 aliphatic heterocycles. The summed E-state index contributed by atoms with van der Waals surface area (Å²) in [6.45, 7) is 5.44. The Morgan fingerprint density at radius 1 is 0.550 bits per heavy atom. The second-order valence-corrected chi connectivity index (χ2v) is 10.1. The largest absolute Gasteiger partial charge is 0.352 e. The predicted molar refractivity (Wildman–Crippen MR) is 162 cm³/mol. The van der Waals surface area contributed by atoms with Gasteiger partial charge in [0.1, 0.15) is 0 Å². The summed E-state index contributed by atoms with van der Waals surface area (Å²) in [7, 11) is 0. The van der Waals surface area contributed by atoms with Gasteiger partial charge in [0.2, 0.25) is 11.8 Å². The summed E-state index contributed by atoms with van der Waals surface area (Å²) in [5, 5.41) is 11.5. The van der Waals surface area contributed by atoms with Crippen LogP contribution in [-0.4, -0.2) is 36.7 Å². The molecule has 0 heterocycles. The highest BCUT2D eigenvalue weighted by Gasteiger charge is 2.09. The molecule has 0 fully saturated rings. The SMILES string of the molecule is CCCCNC(=O)c1cccc(NC(=O)CCCCCCCCC(=O)Nc2cccc(C(=O)NCCCC)c2)c1. The van der Waals surface area contributed by atoms with E-state index in [2.05, 4.69) is 35.1 Å². The topological polar surface area (TPSA) is 116 Å². The van der Waals surface area contributed by atoms with Crippen LogP contribution < -0.4 is 21.3 Å². The summed E-state index contributed by atoms with van der Waals surface area (Å²) in [6.07, 6.45) is 10.3. The van der Waals surface area contributed by atoms with Gasteiger partial charge in [-0.25, -0.2) is 0 Å². The van der Waals surface area contributed by atoms with Gasteiger partial charge in [0, 0.05) is 48.4 Å². The summed E-state index contributed by atoms with van der Waals surface area (Å²) in [5.74, 6) is -0.359. The van der Waals surface area contributed by atoms with Crippen LogP contribution in [0.2, 0.25) is 0 Å². The zero-order valence-electron chi connectivity index (χ0n) is 24.2. The molecule has 2 aromatic carbocycles. The van der Waals surface area contributed by atoms with Crippen LogP contribution in [-0.2, 0) is 9.59 Å². The molecule has 4 amide bonds. The number of unbranched alkanes of at least 4 members (excludes halogenated alkanes) is 7. The van der Waals surface area contributed by atoms with Crippen molar-refractivity contribution in [3.8, 4) is 0 Å². The zero-order chi connectivity index (χ0) is 29.0. The normalized spacial score (nSPS) is 10.6. The highest BCUT2D eigenvalue weighted by molar-refractivity contribution is 5.98. The fourth-order valence-corrected chi connectivity index (χ4v) is 4.16. The summed E-state index contributed by atoms with van der Waals surface area (Å²) in [6, 6.07) is 14.0. The third-order valence-electron chi connectivity index (χ3n) is 6.51. The average Bonchev–Trinajstić information content (AvgIpc) is 2.95. The van der Waals surface area contributed by atoms with Gasteiger partial charge in [0.25, 0.3) is 11.8 Å². The van der Waals surface area contributed by atoms with Crippen LogP contribution in [0.25, 0.3) is 0 Å². The molecule has 2 aromatic rings. The molecule has 0 bridgehead atoms. The maximum absolute atomic E-state index is 12.3. The molecule has 0 aliphatic rings. The predicted octanol–water partition coefficient (Wildman–Crippen LogP) is 6.44. The Hall–Kier alpha value is -3.68. The molecule has 0 spiro atoms. The standard InChI is InChI=1S/C32H46N4O4/c1-3-5-21-33-31(39)25-15-13-17-27(23-25)35-29(37)19-11-9-7-8-10-12-20-30(38)36-28-18-14-16-26(24-28)32(40)34-22-6-4-2/h13-18,23-24H,3-12,19-22H2,1-2H3,(H,33,39)(H,34,40)(H,35,37)(H,36,38). The number of carbonyl (C=O) groups excluding carboxylic acids is 4. The molecular weight excluding hydrogens is 504 g/mol. The molecule has 2 rings (SSSR count). The van der Waals surface area contributed by atoms with Crippen LogP contribution >= 0.6 is 0 Å². The van der Waals surface area contributed by atoms with E-state index < -0.39 is 0 Å². The van der Waals surface area contributed by atoms with Crippen LogP contribution in [0.1, 0.15) is 112 Å². The molecule has 0 atom stereocenters. The maximum Gasteiger partial charge on any atom is 0.251 e. The lowest BCUT2D eigenvalue weighted by molar-refractivity contribution is -0.117. The van der Waals surface area contributed by atoms with Crippen LogP contribution in [0.3, 0.4) is 0 Å². The van der Waals surface area contributed by atoms with Crippen molar-refractivity contribution in [3.63, 3.8) is 0 Å². The van der Waals surface area contributed by atoms with Crippen molar-refractivity contribution in [3.05, 3.63) is 59.7 Å². The number of rotatable bonds is 19. The lowest BCUT2D eigenvalue weighted by Gasteiger charge is -2.09. The van der Waals surface area contributed by atoms with Gasteiger partial charge in [-0.1, -0.05) is 64.5 Å². The van der Waals surface area contributed by atoms with E-state index in [0.29, 0.717) is 48.4 Å². The average molecular weight is 551 g/mol. The first-order chi connectivity index (χ1) is 19.4. The second kappa shape index (κ2) is 19.4. The van der Waals surface area contributed by atoms with Crippen molar-refractivity contribution in [2.24, 2.45) is 0 Å². The molecule has 8 heteroatoms. The lowest BCUT2D eigenvalue weighted by Crippen LogP contribution is -2.24. The van der Waals surface area contributed by atoms with Crippen LogP contribution in [0.5, 0.6) is 0 Å². The van der Waals surface area contributed by atoms with Crippen molar-refractivity contribution >= 4 is 35.0 Å². The van der Waals surface area contributed by atoms with E-state index >= 15 is 0 Å². The van der Waals surface area contributed by atoms with Crippen molar-refractivity contribution < 1.29 is 19.2 Å². The fraction of sp³-hybridized carbons (Fsp3) is 0.500. The molecular formula is C32H46N4O4. The van der Waals surface area contributed by atoms with Gasteiger partial charge in [0.05, 0.1) is 0 Å². The third kappa shape index (κ3) is 13.4. The van der Waals surface area contributed by atoms with Crippen LogP contribution in [0.4, 0.5) is 11.4 Å². The smallest absolute Gasteiger partial charge is 0.251 e. The number of anilines is 2. The van der Waals surface area contributed by atoms with Gasteiger partial charge in [0.15, 0.2) is 0 Å². The Balaban J connectivity index is 1.56. The molecule has 0 saturated heterocycles. The van der Waals surface area contributed by atoms with E-state index in [1.807, 2.05) is 0 Å². The molecule has 0 unspecified atom stereocenters. The first-order valence-electron chi connectivity index (χ1n) is 14.8. The molecule has 0 saturated carbocycles. The molecule has 40 heavy (non-hydrogen) atoms. The fourth-order valence-electron chi connectivity index (χ4n) is 4.16. The number of carbonyl (C=O) groups is 4. The third-order valence-corrected chi connectivity index (χ3v) is 6.51. The van der Waals surface area contributed by atoms with Gasteiger partial charge in [-0.2, -0.15) is 0 Å². The van der Waals surface area contributed by atoms with Crippen molar-refractivity contribution in [1.29, 1.82) is 0 Å². The van der Waals surface area contributed by atoms with Crippen LogP contribution in [0.15, 0.2) is 48.5 Å². The zero-order valence-corrected chi connectivity index (χ0v) is 24.2. The summed E-state index contributed by atoms with van der Waals surface area (Å²) < 4.78 is 0. The van der Waals surface area contributed by atoms with E-state index in [1.165, 1.54) is 0 Å². The van der Waals surface area contributed by atoms with Crippen LogP contribution in [0, 0.1) is 0 Å². The number of hydrogen-bond acceptors (Lipinski definition) is 4. The van der Waals surface area contributed by atoms with E-state index in [9.17, 15) is 19.2 Å². The van der Waals surface area contributed by atoms with E-state index in [4.69, 9.17) is 0 Å². The Bertz CT molecular complexity index is 1000. The Labute approximate surface area is 239 Å². The molecule has 0 radical (unpaired) electrons. The van der Waals surface area contributed by atoms with Crippen molar-refractivity contribution in [1.82, 2.24) is 10.6 Å². The number of nitrogens with one attached hydrogen (secondary N) is 4. The highest BCUT2D eigenvalue weighted by Crippen LogP contribution is 2.15. The lowest BCUT2D eigenvalue weighted by atomic mass is 10.1. The highest BCUT2D eigenvalue weighted by atomic mass is 16.2. The Kier molecular flexibility index (Phi) is 15.8. The van der Waals surface area contributed by atoms with Crippen molar-refractivity contribution in [2.75, 3.05) is 23.7 Å². The minimum absolute atomic E-state index is 0.0530. The summed E-state index contributed by atoms with van der Waals surface area (Å²) >= 11 is 0. The minimum Gasteiger partial charge on any atom is -0.352 e.